The molecule has 3 rings (SSSR count). The van der Waals surface area contributed by atoms with Crippen LogP contribution in [0.15, 0.2) is 64.9 Å². The molecular weight excluding hydrogens is 246 g/mol. The number of rotatable bonds is 3. The molecule has 0 radical (unpaired) electrons. The van der Waals surface area contributed by atoms with E-state index < -0.39 is 0 Å². The van der Waals surface area contributed by atoms with Gasteiger partial charge in [-0.2, -0.15) is 0 Å². The first-order chi connectivity index (χ1) is 8.92. The Morgan fingerprint density at radius 3 is 2.50 bits per heavy atom. The summed E-state index contributed by atoms with van der Waals surface area (Å²) in [6, 6.07) is 13.5. The fourth-order valence-electron chi connectivity index (χ4n) is 1.42. The molecule has 5 nitrogen and oxygen atoms in total. The molecule has 0 spiro atoms. The van der Waals surface area contributed by atoms with Crippen LogP contribution in [0.3, 0.4) is 0 Å². The van der Waals surface area contributed by atoms with E-state index in [2.05, 4.69) is 20.4 Å². The Morgan fingerprint density at radius 1 is 0.944 bits per heavy atom. The maximum Gasteiger partial charge on any atom is 0.236 e. The summed E-state index contributed by atoms with van der Waals surface area (Å²) in [6.45, 7) is 0. The number of para-hydroxylation sites is 1. The van der Waals surface area contributed by atoms with Gasteiger partial charge in [-0.1, -0.05) is 18.2 Å². The van der Waals surface area contributed by atoms with Crippen molar-refractivity contribution in [1.82, 2.24) is 25.2 Å². The second-order valence-corrected chi connectivity index (χ2v) is 4.52. The average Bonchev–Trinajstić information content (AvgIpc) is 2.89. The highest BCUT2D eigenvalue weighted by molar-refractivity contribution is 7.99. The average molecular weight is 255 g/mol. The minimum absolute atomic E-state index is 0.616. The number of hydrogen-bond donors (Lipinski definition) is 0. The molecule has 6 heteroatoms. The molecule has 0 aliphatic heterocycles. The normalized spacial score (nSPS) is 10.4. The van der Waals surface area contributed by atoms with Crippen LogP contribution in [-0.2, 0) is 0 Å². The number of tetrazole rings is 1. The summed E-state index contributed by atoms with van der Waals surface area (Å²) >= 11 is 1.46. The Labute approximate surface area is 108 Å². The fraction of sp³-hybridized carbons (Fsp3) is 0. The lowest BCUT2D eigenvalue weighted by atomic mass is 10.3. The first kappa shape index (κ1) is 10.9. The van der Waals surface area contributed by atoms with Gasteiger partial charge >= 0.3 is 0 Å². The van der Waals surface area contributed by atoms with Gasteiger partial charge in [0.05, 0.1) is 5.69 Å². The molecule has 0 bridgehead atoms. The molecule has 0 unspecified atom stereocenters. The van der Waals surface area contributed by atoms with Crippen molar-refractivity contribution in [3.63, 3.8) is 0 Å². The summed E-state index contributed by atoms with van der Waals surface area (Å²) in [5.74, 6) is 0. The minimum atomic E-state index is 0.616. The molecule has 18 heavy (non-hydrogen) atoms. The van der Waals surface area contributed by atoms with E-state index in [-0.39, 0.29) is 0 Å². The number of aromatic nitrogens is 5. The molecule has 0 amide bonds. The number of hydrogen-bond acceptors (Lipinski definition) is 5. The van der Waals surface area contributed by atoms with Crippen LogP contribution in [0.1, 0.15) is 0 Å². The summed E-state index contributed by atoms with van der Waals surface area (Å²) < 4.78 is 0. The van der Waals surface area contributed by atoms with E-state index in [4.69, 9.17) is 0 Å². The van der Waals surface area contributed by atoms with E-state index in [0.29, 0.717) is 5.16 Å². The van der Waals surface area contributed by atoms with Gasteiger partial charge in [-0.05, 0) is 41.2 Å². The van der Waals surface area contributed by atoms with Gasteiger partial charge in [0.25, 0.3) is 0 Å². The third-order valence-corrected chi connectivity index (χ3v) is 3.10. The zero-order valence-corrected chi connectivity index (χ0v) is 10.2. The topological polar surface area (TPSA) is 56.5 Å². The van der Waals surface area contributed by atoms with Crippen LogP contribution in [0, 0.1) is 0 Å². The highest BCUT2D eigenvalue weighted by Gasteiger charge is 2.05. The molecule has 0 saturated carbocycles. The van der Waals surface area contributed by atoms with Crippen LogP contribution in [0.4, 0.5) is 0 Å². The molecular formula is C12H9N5S. The van der Waals surface area contributed by atoms with Crippen molar-refractivity contribution in [2.75, 3.05) is 0 Å². The molecule has 3 aromatic rings. The van der Waals surface area contributed by atoms with Gasteiger partial charge in [-0.25, -0.2) is 0 Å². The van der Waals surface area contributed by atoms with Gasteiger partial charge in [0.1, 0.15) is 0 Å². The van der Waals surface area contributed by atoms with Gasteiger partial charge < -0.3 is 0 Å². The molecule has 88 valence electrons. The Balaban J connectivity index is 1.82. The number of pyridine rings is 1. The lowest BCUT2D eigenvalue weighted by Crippen LogP contribution is -1.97. The maximum absolute atomic E-state index is 4.31. The Bertz CT molecular complexity index is 623. The Hall–Kier alpha value is -2.21. The summed E-state index contributed by atoms with van der Waals surface area (Å²) in [5, 5.41) is 13.0. The van der Waals surface area contributed by atoms with Crippen molar-refractivity contribution in [3.8, 4) is 5.69 Å². The molecule has 2 heterocycles. The third-order valence-electron chi connectivity index (χ3n) is 2.24. The van der Waals surface area contributed by atoms with Crippen molar-refractivity contribution >= 4 is 11.8 Å². The molecule has 1 aromatic carbocycles. The van der Waals surface area contributed by atoms with Gasteiger partial charge in [-0.3, -0.25) is 4.98 Å². The van der Waals surface area contributed by atoms with Crippen molar-refractivity contribution in [1.29, 1.82) is 0 Å². The predicted octanol–water partition coefficient (Wildman–Crippen LogP) is 2.21. The predicted molar refractivity (Wildman–Crippen MR) is 67.5 cm³/mol. The van der Waals surface area contributed by atoms with E-state index in [1.807, 2.05) is 42.5 Å². The third kappa shape index (κ3) is 2.38. The lowest BCUT2D eigenvalue weighted by Gasteiger charge is -1.96. The van der Waals surface area contributed by atoms with Crippen molar-refractivity contribution in [2.45, 2.75) is 10.1 Å². The van der Waals surface area contributed by atoms with Gasteiger partial charge in [0, 0.05) is 17.3 Å². The minimum Gasteiger partial charge on any atom is -0.265 e. The molecule has 0 N–H and O–H groups in total. The van der Waals surface area contributed by atoms with E-state index in [9.17, 15) is 0 Å². The largest absolute Gasteiger partial charge is 0.265 e. The van der Waals surface area contributed by atoms with Crippen LogP contribution < -0.4 is 0 Å². The molecule has 0 atom stereocenters. The smallest absolute Gasteiger partial charge is 0.236 e. The number of nitrogens with zero attached hydrogens (tertiary/aromatic N) is 5. The van der Waals surface area contributed by atoms with Crippen molar-refractivity contribution < 1.29 is 0 Å². The summed E-state index contributed by atoms with van der Waals surface area (Å²) in [4.78, 5) is 6.52. The first-order valence-corrected chi connectivity index (χ1v) is 6.17. The van der Waals surface area contributed by atoms with Crippen LogP contribution >= 0.6 is 11.8 Å². The quantitative estimate of drug-likeness (QED) is 0.718. The van der Waals surface area contributed by atoms with Crippen LogP contribution in [0.5, 0.6) is 0 Å². The second kappa shape index (κ2) is 4.97. The summed E-state index contributed by atoms with van der Waals surface area (Å²) in [5.41, 5.74) is 0.895. The van der Waals surface area contributed by atoms with Gasteiger partial charge in [0.2, 0.25) is 5.16 Å². The highest BCUT2D eigenvalue weighted by Crippen LogP contribution is 2.22. The van der Waals surface area contributed by atoms with E-state index >= 15 is 0 Å². The second-order valence-electron chi connectivity index (χ2n) is 3.48. The van der Waals surface area contributed by atoms with Crippen LogP contribution in [-0.4, -0.2) is 25.2 Å². The number of benzene rings is 1. The Morgan fingerprint density at radius 2 is 1.72 bits per heavy atom. The standard InChI is InChI=1S/C12H9N5S/c1-2-4-10(5-3-1)17-15-12(14-16-17)18-11-6-8-13-9-7-11/h1-9H. The highest BCUT2D eigenvalue weighted by atomic mass is 32.2. The first-order valence-electron chi connectivity index (χ1n) is 5.35. The molecule has 0 aliphatic rings. The lowest BCUT2D eigenvalue weighted by molar-refractivity contribution is 0.717. The van der Waals surface area contributed by atoms with E-state index in [1.54, 1.807) is 12.4 Å². The monoisotopic (exact) mass is 255 g/mol. The van der Waals surface area contributed by atoms with Crippen LogP contribution in [0.2, 0.25) is 0 Å². The van der Waals surface area contributed by atoms with Crippen molar-refractivity contribution in [2.24, 2.45) is 0 Å². The summed E-state index contributed by atoms with van der Waals surface area (Å²) in [7, 11) is 0. The maximum atomic E-state index is 4.31. The molecule has 0 aliphatic carbocycles. The van der Waals surface area contributed by atoms with E-state index in [0.717, 1.165) is 10.6 Å². The summed E-state index contributed by atoms with van der Waals surface area (Å²) in [6.07, 6.45) is 3.48. The molecule has 0 saturated heterocycles. The van der Waals surface area contributed by atoms with Crippen molar-refractivity contribution in [3.05, 3.63) is 54.9 Å². The SMILES string of the molecule is c1ccc(-n2nnc(Sc3ccncc3)n2)cc1. The molecule has 2 aromatic heterocycles. The zero-order valence-electron chi connectivity index (χ0n) is 9.34. The van der Waals surface area contributed by atoms with Gasteiger partial charge in [-0.15, -0.1) is 15.0 Å². The fourth-order valence-corrected chi connectivity index (χ4v) is 2.09. The van der Waals surface area contributed by atoms with E-state index in [1.165, 1.54) is 16.6 Å². The molecule has 0 fully saturated rings. The van der Waals surface area contributed by atoms with Crippen LogP contribution in [0.25, 0.3) is 5.69 Å². The van der Waals surface area contributed by atoms with Gasteiger partial charge in [0.15, 0.2) is 0 Å². The Kier molecular flexibility index (Phi) is 3.01. The zero-order chi connectivity index (χ0) is 12.2.